The molecule has 0 N–H and O–H groups in total. The molecule has 0 spiro atoms. The number of benzene rings is 2. The lowest BCUT2D eigenvalue weighted by Gasteiger charge is -2.31. The van der Waals surface area contributed by atoms with E-state index in [0.29, 0.717) is 27.4 Å². The SMILES string of the molecule is O=C1/C(=C/N2CCCCC2)c2ccccc2C(=O)N1c1ccccc1Cl. The van der Waals surface area contributed by atoms with Crippen LogP contribution in [0.1, 0.15) is 35.2 Å². The Labute approximate surface area is 157 Å². The number of hydrogen-bond donors (Lipinski definition) is 0. The summed E-state index contributed by atoms with van der Waals surface area (Å²) >= 11 is 6.28. The number of amides is 2. The lowest BCUT2D eigenvalue weighted by molar-refractivity contribution is -0.112. The molecule has 0 radical (unpaired) electrons. The number of rotatable bonds is 2. The third-order valence-corrected chi connectivity index (χ3v) is 5.20. The molecule has 0 atom stereocenters. The van der Waals surface area contributed by atoms with Crippen LogP contribution in [-0.2, 0) is 4.79 Å². The average Bonchev–Trinajstić information content (AvgIpc) is 2.67. The third-order valence-electron chi connectivity index (χ3n) is 4.88. The Bertz CT molecular complexity index is 900. The number of piperidine rings is 1. The lowest BCUT2D eigenvalue weighted by atomic mass is 9.93. The molecule has 0 unspecified atom stereocenters. The molecule has 1 fully saturated rings. The second-order valence-electron chi connectivity index (χ2n) is 6.58. The quantitative estimate of drug-likeness (QED) is 0.586. The number of carbonyl (C=O) groups is 2. The summed E-state index contributed by atoms with van der Waals surface area (Å²) in [6.07, 6.45) is 5.37. The van der Waals surface area contributed by atoms with Crippen LogP contribution in [0, 0.1) is 0 Å². The molecule has 4 nitrogen and oxygen atoms in total. The van der Waals surface area contributed by atoms with E-state index in [0.717, 1.165) is 25.9 Å². The van der Waals surface area contributed by atoms with Crippen LogP contribution in [0.25, 0.3) is 5.57 Å². The van der Waals surface area contributed by atoms with Gasteiger partial charge in [0.05, 0.1) is 16.3 Å². The van der Waals surface area contributed by atoms with Gasteiger partial charge in [-0.15, -0.1) is 0 Å². The van der Waals surface area contributed by atoms with Crippen molar-refractivity contribution in [2.24, 2.45) is 0 Å². The summed E-state index contributed by atoms with van der Waals surface area (Å²) in [5.41, 5.74) is 2.18. The van der Waals surface area contributed by atoms with Crippen molar-refractivity contribution < 1.29 is 9.59 Å². The largest absolute Gasteiger partial charge is 0.377 e. The van der Waals surface area contributed by atoms with Crippen molar-refractivity contribution >= 4 is 34.7 Å². The molecule has 1 saturated heterocycles. The van der Waals surface area contributed by atoms with E-state index in [4.69, 9.17) is 11.6 Å². The highest BCUT2D eigenvalue weighted by Gasteiger charge is 2.37. The summed E-state index contributed by atoms with van der Waals surface area (Å²) in [6.45, 7) is 1.86. The van der Waals surface area contributed by atoms with Crippen molar-refractivity contribution in [1.82, 2.24) is 4.90 Å². The summed E-state index contributed by atoms with van der Waals surface area (Å²) in [5, 5.41) is 0.380. The first-order chi connectivity index (χ1) is 12.7. The van der Waals surface area contributed by atoms with Crippen molar-refractivity contribution in [3.8, 4) is 0 Å². The highest BCUT2D eigenvalue weighted by atomic mass is 35.5. The average molecular weight is 367 g/mol. The van der Waals surface area contributed by atoms with Gasteiger partial charge in [-0.25, -0.2) is 4.90 Å². The molecule has 0 aliphatic carbocycles. The molecule has 0 aromatic heterocycles. The highest BCUT2D eigenvalue weighted by Crippen LogP contribution is 2.35. The van der Waals surface area contributed by atoms with Crippen LogP contribution >= 0.6 is 11.6 Å². The van der Waals surface area contributed by atoms with Crippen molar-refractivity contribution in [1.29, 1.82) is 0 Å². The summed E-state index contributed by atoms with van der Waals surface area (Å²) in [6, 6.07) is 14.2. The van der Waals surface area contributed by atoms with Gasteiger partial charge in [0.1, 0.15) is 0 Å². The highest BCUT2D eigenvalue weighted by molar-refractivity contribution is 6.43. The molecule has 26 heavy (non-hydrogen) atoms. The molecule has 2 amide bonds. The molecular weight excluding hydrogens is 348 g/mol. The smallest absolute Gasteiger partial charge is 0.267 e. The van der Waals surface area contributed by atoms with Gasteiger partial charge in [0.2, 0.25) is 0 Å². The third kappa shape index (κ3) is 2.90. The van der Waals surface area contributed by atoms with Gasteiger partial charge < -0.3 is 4.90 Å². The van der Waals surface area contributed by atoms with Crippen molar-refractivity contribution in [2.75, 3.05) is 18.0 Å². The van der Waals surface area contributed by atoms with E-state index >= 15 is 0 Å². The van der Waals surface area contributed by atoms with Crippen LogP contribution in [0.5, 0.6) is 0 Å². The zero-order valence-electron chi connectivity index (χ0n) is 14.3. The minimum Gasteiger partial charge on any atom is -0.377 e. The summed E-state index contributed by atoms with van der Waals surface area (Å²) < 4.78 is 0. The van der Waals surface area contributed by atoms with Gasteiger partial charge in [0, 0.05) is 30.4 Å². The number of hydrogen-bond acceptors (Lipinski definition) is 3. The molecule has 2 aromatic rings. The first kappa shape index (κ1) is 16.9. The molecule has 2 aliphatic heterocycles. The van der Waals surface area contributed by atoms with Crippen LogP contribution in [0.2, 0.25) is 5.02 Å². The van der Waals surface area contributed by atoms with E-state index in [1.54, 1.807) is 30.3 Å². The van der Waals surface area contributed by atoms with Gasteiger partial charge in [0.15, 0.2) is 0 Å². The Morgan fingerprint density at radius 2 is 1.46 bits per heavy atom. The van der Waals surface area contributed by atoms with Gasteiger partial charge in [-0.2, -0.15) is 0 Å². The second-order valence-corrected chi connectivity index (χ2v) is 6.99. The van der Waals surface area contributed by atoms with Gasteiger partial charge in [-0.1, -0.05) is 41.9 Å². The number of imide groups is 1. The van der Waals surface area contributed by atoms with E-state index in [-0.39, 0.29) is 11.8 Å². The Morgan fingerprint density at radius 1 is 0.808 bits per heavy atom. The van der Waals surface area contributed by atoms with Crippen LogP contribution in [-0.4, -0.2) is 29.8 Å². The van der Waals surface area contributed by atoms with Gasteiger partial charge >= 0.3 is 0 Å². The Hall–Kier alpha value is -2.59. The minimum atomic E-state index is -0.338. The number of fused-ring (bicyclic) bond motifs is 1. The summed E-state index contributed by atoms with van der Waals surface area (Å²) in [7, 11) is 0. The fourth-order valence-electron chi connectivity index (χ4n) is 3.56. The standard InChI is InChI=1S/C21H19ClN2O2/c22-18-10-4-5-11-19(18)24-20(25)16-9-3-2-8-15(16)17(21(24)26)14-23-12-6-1-7-13-23/h2-5,8-11,14H,1,6-7,12-13H2/b17-14+. The molecule has 2 aliphatic rings. The Morgan fingerprint density at radius 3 is 2.19 bits per heavy atom. The van der Waals surface area contributed by atoms with E-state index in [2.05, 4.69) is 4.90 Å². The molecule has 2 aromatic carbocycles. The minimum absolute atomic E-state index is 0.327. The maximum absolute atomic E-state index is 13.3. The molecule has 5 heteroatoms. The Balaban J connectivity index is 1.84. The van der Waals surface area contributed by atoms with Gasteiger partial charge in [-0.05, 0) is 37.5 Å². The van der Waals surface area contributed by atoms with Crippen molar-refractivity contribution in [2.45, 2.75) is 19.3 Å². The monoisotopic (exact) mass is 366 g/mol. The van der Waals surface area contributed by atoms with E-state index in [1.807, 2.05) is 24.4 Å². The number of halogens is 1. The zero-order valence-corrected chi connectivity index (χ0v) is 15.1. The predicted molar refractivity (Wildman–Crippen MR) is 103 cm³/mol. The summed E-state index contributed by atoms with van der Waals surface area (Å²) in [4.78, 5) is 29.7. The fraction of sp³-hybridized carbons (Fsp3) is 0.238. The molecule has 0 bridgehead atoms. The van der Waals surface area contributed by atoms with Crippen LogP contribution < -0.4 is 4.90 Å². The Kier molecular flexibility index (Phi) is 4.51. The predicted octanol–water partition coefficient (Wildman–Crippen LogP) is 4.35. The van der Waals surface area contributed by atoms with E-state index in [1.165, 1.54) is 11.3 Å². The van der Waals surface area contributed by atoms with Crippen molar-refractivity contribution in [3.63, 3.8) is 0 Å². The van der Waals surface area contributed by atoms with E-state index < -0.39 is 0 Å². The molecule has 0 saturated carbocycles. The number of anilines is 1. The molecule has 2 heterocycles. The normalized spacial score (nSPS) is 19.0. The number of carbonyl (C=O) groups excluding carboxylic acids is 2. The number of nitrogens with zero attached hydrogens (tertiary/aromatic N) is 2. The fourth-order valence-corrected chi connectivity index (χ4v) is 3.78. The van der Waals surface area contributed by atoms with Crippen LogP contribution in [0.4, 0.5) is 5.69 Å². The maximum atomic E-state index is 13.3. The summed E-state index contributed by atoms with van der Waals surface area (Å²) in [5.74, 6) is -0.665. The topological polar surface area (TPSA) is 40.6 Å². The first-order valence-electron chi connectivity index (χ1n) is 8.85. The van der Waals surface area contributed by atoms with Gasteiger partial charge in [-0.3, -0.25) is 9.59 Å². The molecule has 4 rings (SSSR count). The van der Waals surface area contributed by atoms with Crippen molar-refractivity contribution in [3.05, 3.63) is 70.9 Å². The lowest BCUT2D eigenvalue weighted by Crippen LogP contribution is -2.42. The first-order valence-corrected chi connectivity index (χ1v) is 9.23. The molecule has 132 valence electrons. The van der Waals surface area contributed by atoms with Crippen LogP contribution in [0.3, 0.4) is 0 Å². The van der Waals surface area contributed by atoms with E-state index in [9.17, 15) is 9.59 Å². The number of para-hydroxylation sites is 1. The molecular formula is C21H19ClN2O2. The number of likely N-dealkylation sites (tertiary alicyclic amines) is 1. The van der Waals surface area contributed by atoms with Gasteiger partial charge in [0.25, 0.3) is 11.8 Å². The maximum Gasteiger partial charge on any atom is 0.267 e. The second kappa shape index (κ2) is 6.96. The van der Waals surface area contributed by atoms with Crippen LogP contribution in [0.15, 0.2) is 54.7 Å². The zero-order chi connectivity index (χ0) is 18.1.